The quantitative estimate of drug-likeness (QED) is 0.743. The average molecular weight is 345 g/mol. The molecule has 0 amide bonds. The molecular weight excluding hydrogens is 330 g/mol. The number of nitrogens with one attached hydrogen (secondary N) is 1. The van der Waals surface area contributed by atoms with Crippen LogP contribution in [0.5, 0.6) is 0 Å². The van der Waals surface area contributed by atoms with Gasteiger partial charge in [-0.25, -0.2) is 26.7 Å². The van der Waals surface area contributed by atoms with E-state index >= 15 is 0 Å². The molecule has 0 atom stereocenters. The number of carbonyl (C=O) groups is 1. The van der Waals surface area contributed by atoms with Crippen LogP contribution < -0.4 is 10.5 Å². The fraction of sp³-hybridized carbons (Fsp3) is 0.364. The zero-order chi connectivity index (χ0) is 15.4. The number of benzene rings is 1. The lowest BCUT2D eigenvalue weighted by Gasteiger charge is -2.15. The van der Waals surface area contributed by atoms with Gasteiger partial charge in [0.25, 0.3) is 5.92 Å². The average Bonchev–Trinajstić information content (AvgIpc) is 2.44. The van der Waals surface area contributed by atoms with Crippen LogP contribution in [0.1, 0.15) is 10.4 Å². The van der Waals surface area contributed by atoms with E-state index in [1.807, 2.05) is 0 Å². The van der Waals surface area contributed by atoms with Crippen molar-refractivity contribution in [2.45, 2.75) is 10.8 Å². The Morgan fingerprint density at radius 2 is 1.95 bits per heavy atom. The Bertz CT molecular complexity index is 596. The van der Waals surface area contributed by atoms with Crippen molar-refractivity contribution < 1.29 is 26.7 Å². The van der Waals surface area contributed by atoms with Crippen molar-refractivity contribution in [1.29, 1.82) is 0 Å². The fourth-order valence-corrected chi connectivity index (χ4v) is 2.59. The Balaban J connectivity index is 0.00000400. The van der Waals surface area contributed by atoms with Crippen LogP contribution in [0.15, 0.2) is 29.2 Å². The third-order valence-electron chi connectivity index (χ3n) is 2.40. The van der Waals surface area contributed by atoms with Gasteiger partial charge in [-0.05, 0) is 12.1 Å². The molecule has 0 radical (unpaired) electrons. The van der Waals surface area contributed by atoms with E-state index in [9.17, 15) is 22.0 Å². The molecule has 0 aromatic heterocycles. The Labute approximate surface area is 127 Å². The van der Waals surface area contributed by atoms with Gasteiger partial charge in [0.05, 0.1) is 30.7 Å². The molecule has 0 unspecified atom stereocenters. The largest absolute Gasteiger partial charge is 0.465 e. The number of methoxy groups -OCH3 is 1. The topological polar surface area (TPSA) is 98.5 Å². The number of halogens is 3. The minimum absolute atomic E-state index is 0. The zero-order valence-electron chi connectivity index (χ0n) is 11.0. The molecule has 0 bridgehead atoms. The lowest BCUT2D eigenvalue weighted by molar-refractivity contribution is 0.0170. The highest BCUT2D eigenvalue weighted by Crippen LogP contribution is 2.17. The molecule has 10 heteroatoms. The SMILES string of the molecule is COC(=O)c1ccccc1S(=O)(=O)NCC(F)(F)CN.Cl. The molecule has 3 N–H and O–H groups in total. The van der Waals surface area contributed by atoms with Gasteiger partial charge in [0.2, 0.25) is 10.0 Å². The van der Waals surface area contributed by atoms with Gasteiger partial charge >= 0.3 is 5.97 Å². The second kappa shape index (κ2) is 7.64. The number of carbonyl (C=O) groups excluding carboxylic acids is 1. The maximum atomic E-state index is 13.0. The molecule has 0 saturated heterocycles. The number of ether oxygens (including phenoxy) is 1. The molecule has 1 rings (SSSR count). The predicted octanol–water partition coefficient (Wildman–Crippen LogP) is 0.767. The van der Waals surface area contributed by atoms with Crippen LogP contribution in [-0.4, -0.2) is 40.5 Å². The summed E-state index contributed by atoms with van der Waals surface area (Å²) in [5.41, 5.74) is 4.58. The molecule has 0 heterocycles. The first-order valence-corrected chi connectivity index (χ1v) is 6.97. The van der Waals surface area contributed by atoms with Gasteiger partial charge in [0.15, 0.2) is 0 Å². The molecule has 0 aliphatic heterocycles. The Morgan fingerprint density at radius 1 is 1.38 bits per heavy atom. The van der Waals surface area contributed by atoms with Crippen molar-refractivity contribution in [3.8, 4) is 0 Å². The van der Waals surface area contributed by atoms with E-state index in [0.29, 0.717) is 0 Å². The van der Waals surface area contributed by atoms with Gasteiger partial charge in [0, 0.05) is 0 Å². The van der Waals surface area contributed by atoms with Crippen LogP contribution in [0.25, 0.3) is 0 Å². The highest BCUT2D eigenvalue weighted by atomic mass is 35.5. The molecule has 120 valence electrons. The summed E-state index contributed by atoms with van der Waals surface area (Å²) in [6.45, 7) is -2.14. The summed E-state index contributed by atoms with van der Waals surface area (Å²) in [5.74, 6) is -4.25. The highest BCUT2D eigenvalue weighted by molar-refractivity contribution is 7.89. The number of sulfonamides is 1. The van der Waals surface area contributed by atoms with Gasteiger partial charge in [-0.15, -0.1) is 12.4 Å². The Kier molecular flexibility index (Phi) is 7.17. The summed E-state index contributed by atoms with van der Waals surface area (Å²) in [4.78, 5) is 11.0. The van der Waals surface area contributed by atoms with Crippen molar-refractivity contribution >= 4 is 28.4 Å². The van der Waals surface area contributed by atoms with E-state index < -0.39 is 39.9 Å². The molecule has 0 fully saturated rings. The maximum absolute atomic E-state index is 13.0. The van der Waals surface area contributed by atoms with Crippen LogP contribution in [0, 0.1) is 0 Å². The molecule has 0 spiro atoms. The van der Waals surface area contributed by atoms with E-state index in [-0.39, 0.29) is 18.0 Å². The maximum Gasteiger partial charge on any atom is 0.339 e. The first-order chi connectivity index (χ1) is 9.23. The molecular formula is C11H15ClF2N2O4S. The van der Waals surface area contributed by atoms with Crippen LogP contribution >= 0.6 is 12.4 Å². The number of hydrogen-bond acceptors (Lipinski definition) is 5. The zero-order valence-corrected chi connectivity index (χ0v) is 12.6. The van der Waals surface area contributed by atoms with Crippen LogP contribution in [0.2, 0.25) is 0 Å². The molecule has 1 aromatic rings. The highest BCUT2D eigenvalue weighted by Gasteiger charge is 2.30. The smallest absolute Gasteiger partial charge is 0.339 e. The molecule has 21 heavy (non-hydrogen) atoms. The summed E-state index contributed by atoms with van der Waals surface area (Å²) in [5, 5.41) is 0. The predicted molar refractivity (Wildman–Crippen MR) is 74.2 cm³/mol. The monoisotopic (exact) mass is 344 g/mol. The van der Waals surface area contributed by atoms with Crippen LogP contribution in [0.4, 0.5) is 8.78 Å². The van der Waals surface area contributed by atoms with E-state index in [2.05, 4.69) is 4.74 Å². The van der Waals surface area contributed by atoms with E-state index in [1.54, 1.807) is 4.72 Å². The lowest BCUT2D eigenvalue weighted by Crippen LogP contribution is -2.41. The Hall–Kier alpha value is -1.29. The van der Waals surface area contributed by atoms with Gasteiger partial charge in [-0.3, -0.25) is 0 Å². The normalized spacial score (nSPS) is 11.6. The number of alkyl halides is 2. The van der Waals surface area contributed by atoms with E-state index in [1.165, 1.54) is 18.2 Å². The number of hydrogen-bond donors (Lipinski definition) is 2. The van der Waals surface area contributed by atoms with Crippen molar-refractivity contribution in [1.82, 2.24) is 4.72 Å². The number of nitrogens with two attached hydrogens (primary N) is 1. The third-order valence-corrected chi connectivity index (χ3v) is 3.86. The minimum atomic E-state index is -4.28. The third kappa shape index (κ3) is 5.20. The molecule has 1 aromatic carbocycles. The summed E-state index contributed by atoms with van der Waals surface area (Å²) in [6.07, 6.45) is 0. The first kappa shape index (κ1) is 19.7. The van der Waals surface area contributed by atoms with E-state index in [4.69, 9.17) is 5.73 Å². The van der Waals surface area contributed by atoms with Gasteiger partial charge < -0.3 is 10.5 Å². The summed E-state index contributed by atoms with van der Waals surface area (Å²) in [7, 11) is -3.19. The van der Waals surface area contributed by atoms with Gasteiger partial charge in [-0.2, -0.15) is 0 Å². The standard InChI is InChI=1S/C11H14F2N2O4S.ClH/c1-19-10(16)8-4-2-3-5-9(8)20(17,18)15-7-11(12,13)6-14;/h2-5,15H,6-7,14H2,1H3;1H. The summed E-state index contributed by atoms with van der Waals surface area (Å²) < 4.78 is 56.0. The van der Waals surface area contributed by atoms with Crippen molar-refractivity contribution in [3.63, 3.8) is 0 Å². The first-order valence-electron chi connectivity index (χ1n) is 5.48. The van der Waals surface area contributed by atoms with Crippen LogP contribution in [-0.2, 0) is 14.8 Å². The fourth-order valence-electron chi connectivity index (χ4n) is 1.33. The van der Waals surface area contributed by atoms with Crippen molar-refractivity contribution in [3.05, 3.63) is 29.8 Å². The van der Waals surface area contributed by atoms with Crippen LogP contribution in [0.3, 0.4) is 0 Å². The van der Waals surface area contributed by atoms with E-state index in [0.717, 1.165) is 13.2 Å². The lowest BCUT2D eigenvalue weighted by atomic mass is 10.2. The second-order valence-corrected chi connectivity index (χ2v) is 5.61. The molecule has 0 aliphatic rings. The molecule has 6 nitrogen and oxygen atoms in total. The minimum Gasteiger partial charge on any atom is -0.465 e. The van der Waals surface area contributed by atoms with Gasteiger partial charge in [0.1, 0.15) is 0 Å². The molecule has 0 saturated carbocycles. The van der Waals surface area contributed by atoms with Gasteiger partial charge in [-0.1, -0.05) is 12.1 Å². The number of esters is 1. The summed E-state index contributed by atoms with van der Waals surface area (Å²) >= 11 is 0. The van der Waals surface area contributed by atoms with Crippen molar-refractivity contribution in [2.24, 2.45) is 5.73 Å². The summed E-state index contributed by atoms with van der Waals surface area (Å²) in [6, 6.07) is 5.14. The van der Waals surface area contributed by atoms with Crippen molar-refractivity contribution in [2.75, 3.05) is 20.2 Å². The molecule has 0 aliphatic carbocycles. The number of rotatable bonds is 6. The Morgan fingerprint density at radius 3 is 2.48 bits per heavy atom. The second-order valence-electron chi connectivity index (χ2n) is 3.87.